The summed E-state index contributed by atoms with van der Waals surface area (Å²) in [5.74, 6) is 0.204. The number of fused-ring (bicyclic) bond motifs is 1. The molecule has 7 heteroatoms. The number of nitrogens with zero attached hydrogens (tertiary/aromatic N) is 2. The second-order valence-electron chi connectivity index (χ2n) is 6.59. The maximum atomic E-state index is 11.9. The van der Waals surface area contributed by atoms with Crippen molar-refractivity contribution in [2.45, 2.75) is 38.8 Å². The molecular weight excluding hydrogens is 358 g/mol. The lowest BCUT2D eigenvalue weighted by Gasteiger charge is -2.32. The van der Waals surface area contributed by atoms with Crippen LogP contribution in [0.4, 0.5) is 0 Å². The molecule has 0 aliphatic carbocycles. The third kappa shape index (κ3) is 4.70. The molecule has 0 bridgehead atoms. The predicted molar refractivity (Wildman–Crippen MR) is 102 cm³/mol. The highest BCUT2D eigenvalue weighted by Crippen LogP contribution is 2.26. The fourth-order valence-corrected chi connectivity index (χ4v) is 4.97. The quantitative estimate of drug-likeness (QED) is 0.834. The van der Waals surface area contributed by atoms with Gasteiger partial charge in [0.2, 0.25) is 10.0 Å². The van der Waals surface area contributed by atoms with Crippen LogP contribution in [0.5, 0.6) is 0 Å². The molecule has 3 rings (SSSR count). The summed E-state index contributed by atoms with van der Waals surface area (Å²) in [6.07, 6.45) is 4.10. The molecule has 1 N–H and O–H groups in total. The first-order valence-electron chi connectivity index (χ1n) is 8.73. The van der Waals surface area contributed by atoms with E-state index >= 15 is 0 Å². The number of sulfonamides is 1. The largest absolute Gasteiger partial charge is 0.299 e. The van der Waals surface area contributed by atoms with Crippen molar-refractivity contribution in [2.24, 2.45) is 0 Å². The molecule has 2 heterocycles. The average molecular weight is 382 g/mol. The van der Waals surface area contributed by atoms with Crippen molar-refractivity contribution < 1.29 is 8.42 Å². The summed E-state index contributed by atoms with van der Waals surface area (Å²) in [6.45, 7) is 4.43. The van der Waals surface area contributed by atoms with Gasteiger partial charge in [-0.1, -0.05) is 24.6 Å². The monoisotopic (exact) mass is 381 g/mol. The van der Waals surface area contributed by atoms with E-state index in [0.29, 0.717) is 6.42 Å². The van der Waals surface area contributed by atoms with Gasteiger partial charge < -0.3 is 0 Å². The molecule has 0 atom stereocenters. The van der Waals surface area contributed by atoms with Crippen molar-refractivity contribution in [2.75, 3.05) is 18.8 Å². The Hall–Kier alpha value is -1.21. The van der Waals surface area contributed by atoms with Gasteiger partial charge in [-0.25, -0.2) is 13.1 Å². The highest BCUT2D eigenvalue weighted by atomic mass is 35.5. The molecule has 1 aromatic carbocycles. The van der Waals surface area contributed by atoms with Crippen molar-refractivity contribution in [3.63, 3.8) is 0 Å². The van der Waals surface area contributed by atoms with Crippen molar-refractivity contribution in [3.8, 4) is 0 Å². The summed E-state index contributed by atoms with van der Waals surface area (Å²) in [4.78, 5) is 6.84. The van der Waals surface area contributed by atoms with Crippen molar-refractivity contribution >= 4 is 32.5 Å². The standard InChI is InChI=1S/C18H24ClN3O2S/c1-2-12-25(23,24)21-15-7-10-22(11-8-15)13-14-5-6-17(19)16-4-3-9-20-18(14)16/h3-6,9,15,21H,2,7-8,10-13H2,1H3. The van der Waals surface area contributed by atoms with Crippen LogP contribution in [0, 0.1) is 0 Å². The molecule has 25 heavy (non-hydrogen) atoms. The zero-order valence-corrected chi connectivity index (χ0v) is 16.0. The number of pyridine rings is 1. The number of halogens is 1. The van der Waals surface area contributed by atoms with Gasteiger partial charge >= 0.3 is 0 Å². The molecule has 0 radical (unpaired) electrons. The first-order chi connectivity index (χ1) is 12.0. The van der Waals surface area contributed by atoms with E-state index in [4.69, 9.17) is 11.6 Å². The van der Waals surface area contributed by atoms with E-state index in [1.165, 1.54) is 0 Å². The number of benzene rings is 1. The minimum absolute atomic E-state index is 0.0490. The lowest BCUT2D eigenvalue weighted by Crippen LogP contribution is -2.44. The van der Waals surface area contributed by atoms with Crippen molar-refractivity contribution in [1.82, 2.24) is 14.6 Å². The van der Waals surface area contributed by atoms with Crippen LogP contribution in [-0.2, 0) is 16.6 Å². The van der Waals surface area contributed by atoms with E-state index in [2.05, 4.69) is 14.6 Å². The molecule has 0 spiro atoms. The Kier molecular flexibility index (Phi) is 5.94. The zero-order chi connectivity index (χ0) is 17.9. The van der Waals surface area contributed by atoms with E-state index in [-0.39, 0.29) is 11.8 Å². The van der Waals surface area contributed by atoms with Gasteiger partial charge in [-0.15, -0.1) is 0 Å². The third-order valence-corrected chi connectivity index (χ3v) is 6.57. The molecule has 1 saturated heterocycles. The van der Waals surface area contributed by atoms with Gasteiger partial charge in [-0.2, -0.15) is 0 Å². The Morgan fingerprint density at radius 2 is 2.04 bits per heavy atom. The van der Waals surface area contributed by atoms with E-state index in [1.807, 2.05) is 31.2 Å². The van der Waals surface area contributed by atoms with Gasteiger partial charge in [0, 0.05) is 42.3 Å². The fraction of sp³-hybridized carbons (Fsp3) is 0.500. The van der Waals surface area contributed by atoms with Gasteiger partial charge in [0.1, 0.15) is 0 Å². The molecule has 5 nitrogen and oxygen atoms in total. The van der Waals surface area contributed by atoms with Crippen LogP contribution in [0.3, 0.4) is 0 Å². The van der Waals surface area contributed by atoms with Gasteiger partial charge in [-0.05, 0) is 43.0 Å². The molecule has 1 aliphatic rings. The Bertz CT molecular complexity index is 833. The maximum Gasteiger partial charge on any atom is 0.211 e. The SMILES string of the molecule is CCCS(=O)(=O)NC1CCN(Cc2ccc(Cl)c3cccnc23)CC1. The molecule has 1 aliphatic heterocycles. The summed E-state index contributed by atoms with van der Waals surface area (Å²) in [7, 11) is -3.13. The van der Waals surface area contributed by atoms with Crippen molar-refractivity contribution in [3.05, 3.63) is 41.0 Å². The van der Waals surface area contributed by atoms with Crippen LogP contribution in [0.15, 0.2) is 30.5 Å². The first kappa shape index (κ1) is 18.6. The minimum Gasteiger partial charge on any atom is -0.299 e. The summed E-state index contributed by atoms with van der Waals surface area (Å²) >= 11 is 6.26. The molecule has 0 amide bonds. The number of piperidine rings is 1. The normalized spacial score (nSPS) is 17.2. The maximum absolute atomic E-state index is 11.9. The predicted octanol–water partition coefficient (Wildman–Crippen LogP) is 3.18. The molecule has 0 unspecified atom stereocenters. The number of hydrogen-bond acceptors (Lipinski definition) is 4. The smallest absolute Gasteiger partial charge is 0.211 e. The van der Waals surface area contributed by atoms with E-state index in [0.717, 1.165) is 54.0 Å². The summed E-state index contributed by atoms with van der Waals surface area (Å²) in [5.41, 5.74) is 2.10. The van der Waals surface area contributed by atoms with Crippen LogP contribution in [0.1, 0.15) is 31.7 Å². The Balaban J connectivity index is 1.63. The number of nitrogens with one attached hydrogen (secondary N) is 1. The summed E-state index contributed by atoms with van der Waals surface area (Å²) in [6, 6.07) is 7.89. The Morgan fingerprint density at radius 1 is 1.28 bits per heavy atom. The molecule has 1 fully saturated rings. The molecular formula is C18H24ClN3O2S. The highest BCUT2D eigenvalue weighted by Gasteiger charge is 2.23. The van der Waals surface area contributed by atoms with Crippen LogP contribution in [-0.4, -0.2) is 43.2 Å². The lowest BCUT2D eigenvalue weighted by molar-refractivity contribution is 0.200. The van der Waals surface area contributed by atoms with E-state index < -0.39 is 10.0 Å². The van der Waals surface area contributed by atoms with Crippen LogP contribution >= 0.6 is 11.6 Å². The molecule has 136 valence electrons. The van der Waals surface area contributed by atoms with E-state index in [9.17, 15) is 8.42 Å². The second-order valence-corrected chi connectivity index (χ2v) is 8.87. The lowest BCUT2D eigenvalue weighted by atomic mass is 10.0. The highest BCUT2D eigenvalue weighted by molar-refractivity contribution is 7.89. The van der Waals surface area contributed by atoms with Gasteiger partial charge in [-0.3, -0.25) is 9.88 Å². The number of rotatable bonds is 6. The third-order valence-electron chi connectivity index (χ3n) is 4.60. The zero-order valence-electron chi connectivity index (χ0n) is 14.4. The molecule has 0 saturated carbocycles. The van der Waals surface area contributed by atoms with Crippen LogP contribution in [0.25, 0.3) is 10.9 Å². The summed E-state index contributed by atoms with van der Waals surface area (Å²) in [5, 5.41) is 1.69. The fourth-order valence-electron chi connectivity index (χ4n) is 3.36. The van der Waals surface area contributed by atoms with Crippen LogP contribution in [0.2, 0.25) is 5.02 Å². The summed E-state index contributed by atoms with van der Waals surface area (Å²) < 4.78 is 26.6. The Morgan fingerprint density at radius 3 is 2.76 bits per heavy atom. The number of likely N-dealkylation sites (tertiary alicyclic amines) is 1. The number of aromatic nitrogens is 1. The average Bonchev–Trinajstić information content (AvgIpc) is 2.59. The van der Waals surface area contributed by atoms with E-state index in [1.54, 1.807) is 6.20 Å². The van der Waals surface area contributed by atoms with Gasteiger partial charge in [0.25, 0.3) is 0 Å². The second kappa shape index (κ2) is 7.99. The van der Waals surface area contributed by atoms with Gasteiger partial charge in [0.05, 0.1) is 11.3 Å². The first-order valence-corrected chi connectivity index (χ1v) is 10.8. The van der Waals surface area contributed by atoms with Gasteiger partial charge in [0.15, 0.2) is 0 Å². The molecule has 1 aromatic heterocycles. The minimum atomic E-state index is -3.13. The van der Waals surface area contributed by atoms with Crippen molar-refractivity contribution in [1.29, 1.82) is 0 Å². The number of hydrogen-bond donors (Lipinski definition) is 1. The van der Waals surface area contributed by atoms with Crippen LogP contribution < -0.4 is 4.72 Å². The molecule has 2 aromatic rings. The topological polar surface area (TPSA) is 62.3 Å². The Labute approximate surface area is 154 Å².